The Balaban J connectivity index is 0. The van der Waals surface area contributed by atoms with Gasteiger partial charge in [-0.3, -0.25) is 0 Å². The molecule has 12 heavy (non-hydrogen) atoms. The molecule has 0 saturated carbocycles. The summed E-state index contributed by atoms with van der Waals surface area (Å²) in [5, 5.41) is 0. The second-order valence-electron chi connectivity index (χ2n) is 2.30. The summed E-state index contributed by atoms with van der Waals surface area (Å²) in [4.78, 5) is 0. The maximum absolute atomic E-state index is 5.34. The molecule has 0 atom stereocenters. The van der Waals surface area contributed by atoms with Crippen LogP contribution in [0.1, 0.15) is 0 Å². The molecular weight excluding hydrogens is 184 g/mol. The van der Waals surface area contributed by atoms with Crippen molar-refractivity contribution in [3.63, 3.8) is 0 Å². The van der Waals surface area contributed by atoms with E-state index in [4.69, 9.17) is 8.85 Å². The highest BCUT2D eigenvalue weighted by Crippen LogP contribution is 2.17. The molecule has 0 bridgehead atoms. The van der Waals surface area contributed by atoms with E-state index in [0.29, 0.717) is 0 Å². The van der Waals surface area contributed by atoms with Crippen LogP contribution in [0.4, 0.5) is 0 Å². The van der Waals surface area contributed by atoms with Crippen LogP contribution >= 0.6 is 0 Å². The summed E-state index contributed by atoms with van der Waals surface area (Å²) in [5.41, 5.74) is 0. The van der Waals surface area contributed by atoms with Gasteiger partial charge in [-0.05, 0) is 11.0 Å². The second kappa shape index (κ2) is 7.48. The number of rotatable bonds is 6. The number of hydrogen-bond acceptors (Lipinski definition) is 2. The van der Waals surface area contributed by atoms with Crippen molar-refractivity contribution in [2.45, 2.75) is 12.1 Å². The van der Waals surface area contributed by atoms with Crippen molar-refractivity contribution in [3.05, 3.63) is 25.3 Å². The van der Waals surface area contributed by atoms with Crippen molar-refractivity contribution >= 4 is 19.5 Å². The predicted molar refractivity (Wildman–Crippen MR) is 61.1 cm³/mol. The van der Waals surface area contributed by atoms with Gasteiger partial charge in [-0.15, -0.1) is 13.2 Å². The summed E-state index contributed by atoms with van der Waals surface area (Å²) < 4.78 is 10.7. The topological polar surface area (TPSA) is 18.5 Å². The monoisotopic (exact) mass is 204 g/mol. The van der Waals surface area contributed by atoms with Gasteiger partial charge in [-0.25, -0.2) is 0 Å². The molecule has 0 aliphatic rings. The van der Waals surface area contributed by atoms with Crippen molar-refractivity contribution in [1.29, 1.82) is 0 Å². The Bertz CT molecular complexity index is 121. The Morgan fingerprint density at radius 2 is 1.42 bits per heavy atom. The average molecular weight is 204 g/mol. The Morgan fingerprint density at radius 3 is 1.58 bits per heavy atom. The van der Waals surface area contributed by atoms with E-state index in [1.807, 2.05) is 12.2 Å². The molecule has 0 heterocycles. The SMILES string of the molecule is C=CC[Si](CC=C)(OC)OC.[SiH4]. The van der Waals surface area contributed by atoms with Crippen LogP contribution in [0.5, 0.6) is 0 Å². The first-order valence-corrected chi connectivity index (χ1v) is 5.80. The lowest BCUT2D eigenvalue weighted by Gasteiger charge is -2.24. The maximum atomic E-state index is 5.34. The normalized spacial score (nSPS) is 10.2. The van der Waals surface area contributed by atoms with Crippen LogP contribution in [-0.4, -0.2) is 33.7 Å². The molecule has 4 heteroatoms. The summed E-state index contributed by atoms with van der Waals surface area (Å²) >= 11 is 0. The van der Waals surface area contributed by atoms with E-state index in [9.17, 15) is 0 Å². The van der Waals surface area contributed by atoms with Gasteiger partial charge in [0.2, 0.25) is 0 Å². The molecule has 0 amide bonds. The third-order valence-corrected chi connectivity index (χ3v) is 4.96. The molecule has 2 nitrogen and oxygen atoms in total. The van der Waals surface area contributed by atoms with Gasteiger partial charge in [0.25, 0.3) is 0 Å². The highest BCUT2D eigenvalue weighted by Gasteiger charge is 2.31. The van der Waals surface area contributed by atoms with E-state index in [2.05, 4.69) is 13.2 Å². The Morgan fingerprint density at radius 1 is 1.08 bits per heavy atom. The zero-order valence-electron chi connectivity index (χ0n) is 7.30. The number of allylic oxidation sites excluding steroid dienone is 2. The summed E-state index contributed by atoms with van der Waals surface area (Å²) in [5.74, 6) is 0. The van der Waals surface area contributed by atoms with Crippen molar-refractivity contribution in [2.75, 3.05) is 14.2 Å². The standard InChI is InChI=1S/C8H16O2Si.H4Si/c1-5-7-11(9-3,10-4)8-6-2;/h5-6H,1-2,7-8H2,3-4H3;1H4. The van der Waals surface area contributed by atoms with Crippen LogP contribution in [0.15, 0.2) is 25.3 Å². The Hall–Kier alpha value is -0.166. The molecule has 0 spiro atoms. The molecule has 0 aromatic carbocycles. The fourth-order valence-corrected chi connectivity index (χ4v) is 2.82. The van der Waals surface area contributed by atoms with Gasteiger partial charge in [0.1, 0.15) is 0 Å². The molecule has 0 aromatic heterocycles. The average Bonchev–Trinajstić information content (AvgIpc) is 2.04. The summed E-state index contributed by atoms with van der Waals surface area (Å²) in [6.45, 7) is 7.33. The van der Waals surface area contributed by atoms with Crippen molar-refractivity contribution in [1.82, 2.24) is 0 Å². The molecule has 0 fully saturated rings. The minimum atomic E-state index is -1.98. The van der Waals surface area contributed by atoms with E-state index in [1.54, 1.807) is 14.2 Å². The van der Waals surface area contributed by atoms with Crippen LogP contribution in [0.25, 0.3) is 0 Å². The zero-order valence-corrected chi connectivity index (χ0v) is 8.30. The summed E-state index contributed by atoms with van der Waals surface area (Å²) in [6.07, 6.45) is 3.67. The van der Waals surface area contributed by atoms with Gasteiger partial charge in [-0.1, -0.05) is 12.2 Å². The van der Waals surface area contributed by atoms with Gasteiger partial charge in [0.05, 0.1) is 0 Å². The maximum Gasteiger partial charge on any atom is 0.345 e. The first-order chi connectivity index (χ1) is 5.24. The van der Waals surface area contributed by atoms with Gasteiger partial charge in [-0.2, -0.15) is 0 Å². The lowest BCUT2D eigenvalue weighted by Crippen LogP contribution is -2.38. The fourth-order valence-electron chi connectivity index (χ4n) is 0.940. The van der Waals surface area contributed by atoms with E-state index in [0.717, 1.165) is 12.1 Å². The van der Waals surface area contributed by atoms with Crippen molar-refractivity contribution < 1.29 is 8.85 Å². The van der Waals surface area contributed by atoms with Crippen LogP contribution in [0.3, 0.4) is 0 Å². The van der Waals surface area contributed by atoms with Crippen LogP contribution in [0, 0.1) is 0 Å². The van der Waals surface area contributed by atoms with Crippen LogP contribution in [0.2, 0.25) is 12.1 Å². The second-order valence-corrected chi connectivity index (χ2v) is 5.76. The van der Waals surface area contributed by atoms with Gasteiger partial charge < -0.3 is 8.85 Å². The first kappa shape index (κ1) is 14.4. The first-order valence-electron chi connectivity index (χ1n) is 3.56. The predicted octanol–water partition coefficient (Wildman–Crippen LogP) is 0.642. The molecule has 0 aliphatic heterocycles. The van der Waals surface area contributed by atoms with E-state index in [1.165, 1.54) is 0 Å². The largest absolute Gasteiger partial charge is 0.397 e. The van der Waals surface area contributed by atoms with E-state index in [-0.39, 0.29) is 11.0 Å². The molecule has 0 aromatic rings. The Kier molecular flexibility index (Phi) is 8.95. The third kappa shape index (κ3) is 4.01. The molecule has 72 valence electrons. The molecular formula is C8H20O2Si2. The quantitative estimate of drug-likeness (QED) is 0.467. The number of hydrogen-bond donors (Lipinski definition) is 0. The highest BCUT2D eigenvalue weighted by molar-refractivity contribution is 6.68. The Labute approximate surface area is 80.5 Å². The molecule has 0 unspecified atom stereocenters. The molecule has 0 aliphatic carbocycles. The van der Waals surface area contributed by atoms with Gasteiger partial charge in [0.15, 0.2) is 0 Å². The minimum absolute atomic E-state index is 0. The minimum Gasteiger partial charge on any atom is -0.397 e. The molecule has 0 saturated heterocycles. The summed E-state index contributed by atoms with van der Waals surface area (Å²) in [6, 6.07) is 1.62. The van der Waals surface area contributed by atoms with E-state index >= 15 is 0 Å². The van der Waals surface area contributed by atoms with Crippen LogP contribution < -0.4 is 0 Å². The lowest BCUT2D eigenvalue weighted by molar-refractivity contribution is 0.249. The smallest absolute Gasteiger partial charge is 0.345 e. The summed E-state index contributed by atoms with van der Waals surface area (Å²) in [7, 11) is 1.39. The third-order valence-electron chi connectivity index (χ3n) is 1.65. The molecule has 0 N–H and O–H groups in total. The van der Waals surface area contributed by atoms with Gasteiger partial charge in [0, 0.05) is 26.3 Å². The van der Waals surface area contributed by atoms with Crippen molar-refractivity contribution in [2.24, 2.45) is 0 Å². The molecule has 0 radical (unpaired) electrons. The van der Waals surface area contributed by atoms with E-state index < -0.39 is 8.56 Å². The van der Waals surface area contributed by atoms with Crippen molar-refractivity contribution in [3.8, 4) is 0 Å². The van der Waals surface area contributed by atoms with Crippen LogP contribution in [-0.2, 0) is 8.85 Å². The fraction of sp³-hybridized carbons (Fsp3) is 0.500. The molecule has 0 rings (SSSR count). The lowest BCUT2D eigenvalue weighted by atomic mass is 10.7. The van der Waals surface area contributed by atoms with Gasteiger partial charge >= 0.3 is 8.56 Å². The highest BCUT2D eigenvalue weighted by atomic mass is 28.4. The zero-order chi connectivity index (χ0) is 8.74.